The summed E-state index contributed by atoms with van der Waals surface area (Å²) in [5, 5.41) is 15.0. The SMILES string of the molecule is COc1ccc2cc(/C=C(\C#N)c3ccno3)ccc2c1. The van der Waals surface area contributed by atoms with Gasteiger partial charge in [-0.2, -0.15) is 5.26 Å². The van der Waals surface area contributed by atoms with Gasteiger partial charge in [0.05, 0.1) is 18.9 Å². The fourth-order valence-corrected chi connectivity index (χ4v) is 2.14. The lowest BCUT2D eigenvalue weighted by molar-refractivity contribution is 0.411. The first kappa shape index (κ1) is 12.9. The molecule has 0 bridgehead atoms. The monoisotopic (exact) mass is 276 g/mol. The average molecular weight is 276 g/mol. The summed E-state index contributed by atoms with van der Waals surface area (Å²) in [6.45, 7) is 0. The van der Waals surface area contributed by atoms with Crippen molar-refractivity contribution in [2.75, 3.05) is 7.11 Å². The lowest BCUT2D eigenvalue weighted by Gasteiger charge is -2.03. The van der Waals surface area contributed by atoms with Gasteiger partial charge >= 0.3 is 0 Å². The van der Waals surface area contributed by atoms with Crippen molar-refractivity contribution in [1.29, 1.82) is 5.26 Å². The molecule has 0 radical (unpaired) electrons. The summed E-state index contributed by atoms with van der Waals surface area (Å²) >= 11 is 0. The molecule has 0 atom stereocenters. The lowest BCUT2D eigenvalue weighted by Crippen LogP contribution is -1.83. The summed E-state index contributed by atoms with van der Waals surface area (Å²) in [6.07, 6.45) is 3.30. The van der Waals surface area contributed by atoms with Crippen LogP contribution in [0.3, 0.4) is 0 Å². The normalized spacial score (nSPS) is 11.3. The Labute approximate surface area is 121 Å². The van der Waals surface area contributed by atoms with Crippen LogP contribution in [0.1, 0.15) is 11.3 Å². The minimum atomic E-state index is 0.445. The average Bonchev–Trinajstić information content (AvgIpc) is 3.06. The van der Waals surface area contributed by atoms with Crippen LogP contribution in [0.15, 0.2) is 53.2 Å². The van der Waals surface area contributed by atoms with Crippen LogP contribution in [0.4, 0.5) is 0 Å². The number of aromatic nitrogens is 1. The topological polar surface area (TPSA) is 59.0 Å². The van der Waals surface area contributed by atoms with Crippen molar-refractivity contribution in [2.24, 2.45) is 0 Å². The van der Waals surface area contributed by atoms with Crippen molar-refractivity contribution in [2.45, 2.75) is 0 Å². The van der Waals surface area contributed by atoms with E-state index in [1.54, 1.807) is 19.3 Å². The third kappa shape index (κ3) is 2.63. The van der Waals surface area contributed by atoms with Gasteiger partial charge < -0.3 is 9.26 Å². The van der Waals surface area contributed by atoms with E-state index in [0.29, 0.717) is 11.3 Å². The first-order valence-corrected chi connectivity index (χ1v) is 6.41. The van der Waals surface area contributed by atoms with Crippen molar-refractivity contribution < 1.29 is 9.26 Å². The lowest BCUT2D eigenvalue weighted by atomic mass is 10.0. The van der Waals surface area contributed by atoms with Gasteiger partial charge in [0, 0.05) is 6.07 Å². The van der Waals surface area contributed by atoms with E-state index in [2.05, 4.69) is 11.2 Å². The van der Waals surface area contributed by atoms with E-state index in [-0.39, 0.29) is 0 Å². The van der Waals surface area contributed by atoms with Gasteiger partial charge in [0.2, 0.25) is 0 Å². The fraction of sp³-hybridized carbons (Fsp3) is 0.0588. The van der Waals surface area contributed by atoms with E-state index in [1.165, 1.54) is 6.20 Å². The van der Waals surface area contributed by atoms with Crippen molar-refractivity contribution in [1.82, 2.24) is 5.16 Å². The van der Waals surface area contributed by atoms with Crippen LogP contribution in [0, 0.1) is 11.3 Å². The Morgan fingerprint density at radius 1 is 1.19 bits per heavy atom. The Bertz CT molecular complexity index is 843. The van der Waals surface area contributed by atoms with Crippen LogP contribution in [0.25, 0.3) is 22.4 Å². The molecule has 0 aliphatic rings. The van der Waals surface area contributed by atoms with E-state index < -0.39 is 0 Å². The molecule has 0 N–H and O–H groups in total. The number of fused-ring (bicyclic) bond motifs is 1. The van der Waals surface area contributed by atoms with Gasteiger partial charge in [-0.1, -0.05) is 23.4 Å². The van der Waals surface area contributed by atoms with Crippen LogP contribution >= 0.6 is 0 Å². The van der Waals surface area contributed by atoms with Crippen molar-refractivity contribution in [3.63, 3.8) is 0 Å². The summed E-state index contributed by atoms with van der Waals surface area (Å²) in [5.74, 6) is 1.29. The zero-order valence-electron chi connectivity index (χ0n) is 11.4. The minimum Gasteiger partial charge on any atom is -0.497 e. The first-order valence-electron chi connectivity index (χ1n) is 6.41. The maximum atomic E-state index is 9.22. The number of hydrogen-bond acceptors (Lipinski definition) is 4. The molecule has 1 heterocycles. The molecule has 0 fully saturated rings. The molecule has 0 saturated carbocycles. The zero-order chi connectivity index (χ0) is 14.7. The molecule has 0 spiro atoms. The van der Waals surface area contributed by atoms with Crippen LogP contribution in [-0.4, -0.2) is 12.3 Å². The van der Waals surface area contributed by atoms with E-state index in [1.807, 2.05) is 36.4 Å². The third-order valence-corrected chi connectivity index (χ3v) is 3.21. The quantitative estimate of drug-likeness (QED) is 0.681. The molecule has 3 aromatic rings. The molecule has 0 saturated heterocycles. The maximum Gasteiger partial charge on any atom is 0.177 e. The number of nitriles is 1. The van der Waals surface area contributed by atoms with E-state index >= 15 is 0 Å². The largest absolute Gasteiger partial charge is 0.497 e. The minimum absolute atomic E-state index is 0.445. The van der Waals surface area contributed by atoms with Gasteiger partial charge in [0.1, 0.15) is 11.8 Å². The molecule has 4 heteroatoms. The van der Waals surface area contributed by atoms with Gasteiger partial charge in [-0.25, -0.2) is 0 Å². The second-order valence-electron chi connectivity index (χ2n) is 4.52. The molecular formula is C17H12N2O2. The first-order chi connectivity index (χ1) is 10.3. The number of hydrogen-bond donors (Lipinski definition) is 0. The molecule has 2 aromatic carbocycles. The highest BCUT2D eigenvalue weighted by atomic mass is 16.5. The second kappa shape index (κ2) is 5.51. The molecule has 0 unspecified atom stereocenters. The van der Waals surface area contributed by atoms with E-state index in [0.717, 1.165) is 22.1 Å². The summed E-state index contributed by atoms with van der Waals surface area (Å²) in [6, 6.07) is 15.6. The molecular weight excluding hydrogens is 264 g/mol. The predicted molar refractivity (Wildman–Crippen MR) is 80.5 cm³/mol. The number of allylic oxidation sites excluding steroid dienone is 1. The van der Waals surface area contributed by atoms with Gasteiger partial charge in [-0.05, 0) is 40.6 Å². The van der Waals surface area contributed by atoms with Gasteiger partial charge in [0.15, 0.2) is 5.76 Å². The molecule has 0 aliphatic carbocycles. The van der Waals surface area contributed by atoms with Crippen molar-refractivity contribution >= 4 is 22.4 Å². The van der Waals surface area contributed by atoms with Crippen LogP contribution in [0.2, 0.25) is 0 Å². The zero-order valence-corrected chi connectivity index (χ0v) is 11.4. The number of methoxy groups -OCH3 is 1. The van der Waals surface area contributed by atoms with Gasteiger partial charge in [-0.3, -0.25) is 0 Å². The molecule has 3 rings (SSSR count). The third-order valence-electron chi connectivity index (χ3n) is 3.21. The Hall–Kier alpha value is -3.06. The second-order valence-corrected chi connectivity index (χ2v) is 4.52. The Kier molecular flexibility index (Phi) is 3.40. The predicted octanol–water partition coefficient (Wildman–Crippen LogP) is 3.90. The summed E-state index contributed by atoms with van der Waals surface area (Å²) in [5.41, 5.74) is 1.38. The molecule has 1 aromatic heterocycles. The summed E-state index contributed by atoms with van der Waals surface area (Å²) < 4.78 is 10.2. The van der Waals surface area contributed by atoms with E-state index in [4.69, 9.17) is 9.26 Å². The molecule has 102 valence electrons. The number of nitrogens with zero attached hydrogens (tertiary/aromatic N) is 2. The van der Waals surface area contributed by atoms with Gasteiger partial charge in [0.25, 0.3) is 0 Å². The standard InChI is InChI=1S/C17H12N2O2/c1-20-16-5-4-13-8-12(2-3-14(13)10-16)9-15(11-18)17-6-7-19-21-17/h2-10H,1H3/b15-9+. The fourth-order valence-electron chi connectivity index (χ4n) is 2.14. The smallest absolute Gasteiger partial charge is 0.177 e. The van der Waals surface area contributed by atoms with E-state index in [9.17, 15) is 5.26 Å². The molecule has 4 nitrogen and oxygen atoms in total. The number of ether oxygens (including phenoxy) is 1. The Morgan fingerprint density at radius 2 is 2.00 bits per heavy atom. The van der Waals surface area contributed by atoms with Crippen molar-refractivity contribution in [3.8, 4) is 11.8 Å². The van der Waals surface area contributed by atoms with Crippen LogP contribution in [-0.2, 0) is 0 Å². The summed E-state index contributed by atoms with van der Waals surface area (Å²) in [4.78, 5) is 0. The number of rotatable bonds is 3. The van der Waals surface area contributed by atoms with Crippen LogP contribution in [0.5, 0.6) is 5.75 Å². The Balaban J connectivity index is 2.03. The number of benzene rings is 2. The molecule has 21 heavy (non-hydrogen) atoms. The molecule has 0 amide bonds. The molecule has 0 aliphatic heterocycles. The van der Waals surface area contributed by atoms with Gasteiger partial charge in [-0.15, -0.1) is 0 Å². The highest BCUT2D eigenvalue weighted by Crippen LogP contribution is 2.24. The maximum absolute atomic E-state index is 9.22. The Morgan fingerprint density at radius 3 is 2.71 bits per heavy atom. The summed E-state index contributed by atoms with van der Waals surface area (Å²) in [7, 11) is 1.65. The highest BCUT2D eigenvalue weighted by Gasteiger charge is 2.05. The van der Waals surface area contributed by atoms with Crippen molar-refractivity contribution in [3.05, 3.63) is 60.0 Å². The highest BCUT2D eigenvalue weighted by molar-refractivity contribution is 5.91. The van der Waals surface area contributed by atoms with Crippen LogP contribution < -0.4 is 4.74 Å².